The quantitative estimate of drug-likeness (QED) is 0.872. The lowest BCUT2D eigenvalue weighted by molar-refractivity contribution is -0.192. The van der Waals surface area contributed by atoms with Crippen LogP contribution in [0, 0.1) is 5.92 Å². The van der Waals surface area contributed by atoms with Crippen molar-refractivity contribution in [1.29, 1.82) is 0 Å². The van der Waals surface area contributed by atoms with Gasteiger partial charge in [0.05, 0.1) is 0 Å². The van der Waals surface area contributed by atoms with E-state index in [9.17, 15) is 18.0 Å². The summed E-state index contributed by atoms with van der Waals surface area (Å²) in [4.78, 5) is 11.3. The van der Waals surface area contributed by atoms with E-state index in [4.69, 9.17) is 5.11 Å². The summed E-state index contributed by atoms with van der Waals surface area (Å²) in [6.45, 7) is -0.429. The lowest BCUT2D eigenvalue weighted by atomic mass is 10.1. The SMILES string of the molecule is O=C(O)C(CNCc1sccc1Br)C(F)(F)F. The van der Waals surface area contributed by atoms with E-state index in [0.29, 0.717) is 0 Å². The van der Waals surface area contributed by atoms with Gasteiger partial charge < -0.3 is 10.4 Å². The zero-order chi connectivity index (χ0) is 13.1. The molecule has 8 heteroatoms. The average Bonchev–Trinajstić information content (AvgIpc) is 2.56. The van der Waals surface area contributed by atoms with Crippen LogP contribution in [0.25, 0.3) is 0 Å². The molecule has 0 fully saturated rings. The van der Waals surface area contributed by atoms with Crippen LogP contribution in [0.15, 0.2) is 15.9 Å². The number of aliphatic carboxylic acids is 1. The fraction of sp³-hybridized carbons (Fsp3) is 0.444. The minimum atomic E-state index is -4.73. The topological polar surface area (TPSA) is 49.3 Å². The molecule has 1 aromatic rings. The van der Waals surface area contributed by atoms with Crippen molar-refractivity contribution in [2.45, 2.75) is 12.7 Å². The zero-order valence-corrected chi connectivity index (χ0v) is 10.8. The number of rotatable bonds is 5. The molecule has 1 atom stereocenters. The maximum absolute atomic E-state index is 12.3. The summed E-state index contributed by atoms with van der Waals surface area (Å²) in [5.74, 6) is -4.24. The normalized spacial score (nSPS) is 13.6. The Morgan fingerprint density at radius 3 is 2.65 bits per heavy atom. The lowest BCUT2D eigenvalue weighted by Crippen LogP contribution is -2.38. The molecule has 0 saturated carbocycles. The first-order chi connectivity index (χ1) is 7.82. The van der Waals surface area contributed by atoms with E-state index in [-0.39, 0.29) is 6.54 Å². The molecule has 96 valence electrons. The summed E-state index contributed by atoms with van der Waals surface area (Å²) in [6.07, 6.45) is -4.73. The largest absolute Gasteiger partial charge is 0.481 e. The van der Waals surface area contributed by atoms with Gasteiger partial charge in [0.15, 0.2) is 5.92 Å². The molecule has 0 aliphatic carbocycles. The van der Waals surface area contributed by atoms with Crippen LogP contribution in [0.1, 0.15) is 4.88 Å². The van der Waals surface area contributed by atoms with Gasteiger partial charge in [-0.05, 0) is 27.4 Å². The highest BCUT2D eigenvalue weighted by Crippen LogP contribution is 2.26. The Morgan fingerprint density at radius 1 is 1.59 bits per heavy atom. The first-order valence-electron chi connectivity index (χ1n) is 4.54. The van der Waals surface area contributed by atoms with Crippen LogP contribution >= 0.6 is 27.3 Å². The van der Waals surface area contributed by atoms with Gasteiger partial charge in [-0.3, -0.25) is 4.79 Å². The molecule has 0 aliphatic heterocycles. The molecule has 1 aromatic heterocycles. The van der Waals surface area contributed by atoms with E-state index < -0.39 is 24.6 Å². The van der Waals surface area contributed by atoms with Gasteiger partial charge in [-0.15, -0.1) is 11.3 Å². The van der Waals surface area contributed by atoms with Gasteiger partial charge in [0.2, 0.25) is 0 Å². The second kappa shape index (κ2) is 5.83. The number of nitrogens with one attached hydrogen (secondary N) is 1. The van der Waals surface area contributed by atoms with Crippen molar-refractivity contribution < 1.29 is 23.1 Å². The Labute approximate surface area is 108 Å². The predicted molar refractivity (Wildman–Crippen MR) is 60.9 cm³/mol. The molecule has 0 spiro atoms. The van der Waals surface area contributed by atoms with Gasteiger partial charge in [0.25, 0.3) is 0 Å². The first-order valence-corrected chi connectivity index (χ1v) is 6.21. The molecule has 17 heavy (non-hydrogen) atoms. The predicted octanol–water partition coefficient (Wildman–Crippen LogP) is 2.86. The van der Waals surface area contributed by atoms with Crippen molar-refractivity contribution in [2.24, 2.45) is 5.92 Å². The molecule has 0 bridgehead atoms. The number of carboxylic acids is 1. The highest BCUT2D eigenvalue weighted by molar-refractivity contribution is 9.10. The maximum Gasteiger partial charge on any atom is 0.403 e. The highest BCUT2D eigenvalue weighted by Gasteiger charge is 2.44. The van der Waals surface area contributed by atoms with Crippen LogP contribution in [0.4, 0.5) is 13.2 Å². The number of carboxylic acid groups (broad SMARTS) is 1. The molecule has 1 rings (SSSR count). The summed E-state index contributed by atoms with van der Waals surface area (Å²) in [6, 6.07) is 1.78. The highest BCUT2D eigenvalue weighted by atomic mass is 79.9. The molecule has 1 unspecified atom stereocenters. The molecule has 0 saturated heterocycles. The van der Waals surface area contributed by atoms with Crippen molar-refractivity contribution >= 4 is 33.2 Å². The average molecular weight is 332 g/mol. The third-order valence-electron chi connectivity index (χ3n) is 2.02. The summed E-state index contributed by atoms with van der Waals surface area (Å²) in [7, 11) is 0. The van der Waals surface area contributed by atoms with E-state index in [1.165, 1.54) is 11.3 Å². The standard InChI is InChI=1S/C9H9BrF3NO2S/c10-6-1-2-17-7(6)4-14-3-5(8(15)16)9(11,12)13/h1-2,5,14H,3-4H2,(H,15,16). The van der Waals surface area contributed by atoms with Gasteiger partial charge in [-0.2, -0.15) is 13.2 Å². The molecule has 0 aliphatic rings. The molecule has 0 amide bonds. The van der Waals surface area contributed by atoms with Crippen LogP contribution in [0.3, 0.4) is 0 Å². The number of halogens is 4. The number of hydrogen-bond acceptors (Lipinski definition) is 3. The Balaban J connectivity index is 2.49. The molecule has 3 nitrogen and oxygen atoms in total. The van der Waals surface area contributed by atoms with Gasteiger partial charge in [-0.1, -0.05) is 0 Å². The fourth-order valence-corrected chi connectivity index (χ4v) is 2.59. The maximum atomic E-state index is 12.3. The Kier molecular flexibility index (Phi) is 4.96. The lowest BCUT2D eigenvalue weighted by Gasteiger charge is -2.16. The smallest absolute Gasteiger partial charge is 0.403 e. The van der Waals surface area contributed by atoms with Gasteiger partial charge in [0.1, 0.15) is 0 Å². The van der Waals surface area contributed by atoms with E-state index in [1.54, 1.807) is 11.4 Å². The Hall–Kier alpha value is -0.600. The monoisotopic (exact) mass is 331 g/mol. The number of alkyl halides is 3. The molecule has 0 radical (unpaired) electrons. The van der Waals surface area contributed by atoms with Gasteiger partial charge in [0, 0.05) is 22.4 Å². The molecule has 2 N–H and O–H groups in total. The van der Waals surface area contributed by atoms with Gasteiger partial charge >= 0.3 is 12.1 Å². The molecule has 1 heterocycles. The Bertz CT molecular complexity index is 394. The summed E-state index contributed by atoms with van der Waals surface area (Å²) in [5, 5.41) is 12.7. The van der Waals surface area contributed by atoms with E-state index in [2.05, 4.69) is 21.2 Å². The minimum Gasteiger partial charge on any atom is -0.481 e. The van der Waals surface area contributed by atoms with Crippen molar-refractivity contribution in [3.63, 3.8) is 0 Å². The third-order valence-corrected chi connectivity index (χ3v) is 3.94. The molecule has 0 aromatic carbocycles. The summed E-state index contributed by atoms with van der Waals surface area (Å²) in [5.41, 5.74) is 0. The van der Waals surface area contributed by atoms with Crippen molar-refractivity contribution in [3.05, 3.63) is 20.8 Å². The second-order valence-corrected chi connectivity index (χ2v) is 5.11. The summed E-state index contributed by atoms with van der Waals surface area (Å²) >= 11 is 4.61. The first kappa shape index (κ1) is 14.5. The van der Waals surface area contributed by atoms with Crippen LogP contribution in [0.2, 0.25) is 0 Å². The zero-order valence-electron chi connectivity index (χ0n) is 8.42. The van der Waals surface area contributed by atoms with Crippen molar-refractivity contribution in [2.75, 3.05) is 6.54 Å². The van der Waals surface area contributed by atoms with Crippen LogP contribution in [-0.2, 0) is 11.3 Å². The van der Waals surface area contributed by atoms with Crippen LogP contribution in [0.5, 0.6) is 0 Å². The van der Waals surface area contributed by atoms with Crippen LogP contribution in [-0.4, -0.2) is 23.8 Å². The second-order valence-electron chi connectivity index (χ2n) is 3.26. The number of thiophene rings is 1. The van der Waals surface area contributed by atoms with E-state index in [0.717, 1.165) is 9.35 Å². The van der Waals surface area contributed by atoms with Crippen molar-refractivity contribution in [1.82, 2.24) is 5.32 Å². The number of carbonyl (C=O) groups is 1. The number of hydrogen-bond donors (Lipinski definition) is 2. The van der Waals surface area contributed by atoms with Crippen LogP contribution < -0.4 is 5.32 Å². The molecular formula is C9H9BrF3NO2S. The Morgan fingerprint density at radius 2 is 2.24 bits per heavy atom. The van der Waals surface area contributed by atoms with E-state index >= 15 is 0 Å². The van der Waals surface area contributed by atoms with E-state index in [1.807, 2.05) is 0 Å². The summed E-state index contributed by atoms with van der Waals surface area (Å²) < 4.78 is 37.7. The minimum absolute atomic E-state index is 0.206. The van der Waals surface area contributed by atoms with Crippen molar-refractivity contribution in [3.8, 4) is 0 Å². The third kappa shape index (κ3) is 4.29. The van der Waals surface area contributed by atoms with Gasteiger partial charge in [-0.25, -0.2) is 0 Å². The molecular weight excluding hydrogens is 323 g/mol. The fourth-order valence-electron chi connectivity index (χ4n) is 1.12.